The second-order valence-corrected chi connectivity index (χ2v) is 8.14. The van der Waals surface area contributed by atoms with Crippen molar-refractivity contribution in [3.8, 4) is 11.3 Å². The summed E-state index contributed by atoms with van der Waals surface area (Å²) in [5.74, 6) is -0.806. The molecule has 0 aliphatic carbocycles. The summed E-state index contributed by atoms with van der Waals surface area (Å²) < 4.78 is 10.8. The van der Waals surface area contributed by atoms with E-state index in [0.717, 1.165) is 5.56 Å². The molecule has 0 saturated carbocycles. The Kier molecular flexibility index (Phi) is 6.63. The molecule has 0 spiro atoms. The molecular formula is C25H19ClN2O5S. The maximum absolute atomic E-state index is 13.2. The van der Waals surface area contributed by atoms with Gasteiger partial charge in [-0.25, -0.2) is 4.79 Å². The third-order valence-electron chi connectivity index (χ3n) is 5.18. The Balaban J connectivity index is 1.62. The van der Waals surface area contributed by atoms with Gasteiger partial charge in [-0.15, -0.1) is 0 Å². The third-order valence-corrected chi connectivity index (χ3v) is 5.87. The van der Waals surface area contributed by atoms with Crippen LogP contribution in [0.25, 0.3) is 17.4 Å². The van der Waals surface area contributed by atoms with Gasteiger partial charge in [-0.2, -0.15) is 0 Å². The zero-order valence-electron chi connectivity index (χ0n) is 18.3. The van der Waals surface area contributed by atoms with E-state index in [0.29, 0.717) is 40.0 Å². The molecule has 4 rings (SSSR count). The second-order valence-electron chi connectivity index (χ2n) is 7.34. The van der Waals surface area contributed by atoms with Crippen molar-refractivity contribution < 1.29 is 23.5 Å². The largest absolute Gasteiger partial charge is 0.462 e. The summed E-state index contributed by atoms with van der Waals surface area (Å²) in [4.78, 5) is 38.8. The number of anilines is 1. The molecule has 1 aromatic heterocycles. The number of nitrogens with one attached hydrogen (secondary N) is 1. The SMILES string of the molecule is CCOC(=O)c1ccc(-c2ccc(/C=C3\C(=O)NC(=S)N(c4cccc(Cl)c4C)C3=O)o2)cc1. The first-order valence-electron chi connectivity index (χ1n) is 10.3. The molecule has 2 amide bonds. The lowest BCUT2D eigenvalue weighted by Crippen LogP contribution is -2.54. The summed E-state index contributed by atoms with van der Waals surface area (Å²) in [5.41, 5.74) is 2.15. The fourth-order valence-corrected chi connectivity index (χ4v) is 3.87. The molecule has 9 heteroatoms. The van der Waals surface area contributed by atoms with E-state index in [9.17, 15) is 14.4 Å². The van der Waals surface area contributed by atoms with Gasteiger partial charge in [0.2, 0.25) is 0 Å². The lowest BCUT2D eigenvalue weighted by molar-refractivity contribution is -0.122. The number of carbonyl (C=O) groups is 3. The second kappa shape index (κ2) is 9.62. The van der Waals surface area contributed by atoms with Crippen molar-refractivity contribution in [1.82, 2.24) is 5.32 Å². The average Bonchev–Trinajstić information content (AvgIpc) is 3.28. The van der Waals surface area contributed by atoms with Crippen LogP contribution in [0, 0.1) is 6.92 Å². The number of carbonyl (C=O) groups excluding carboxylic acids is 3. The third kappa shape index (κ3) is 4.50. The van der Waals surface area contributed by atoms with Gasteiger partial charge in [-0.1, -0.05) is 29.8 Å². The van der Waals surface area contributed by atoms with Crippen LogP contribution in [0.5, 0.6) is 0 Å². The Morgan fingerprint density at radius 3 is 2.59 bits per heavy atom. The lowest BCUT2D eigenvalue weighted by Gasteiger charge is -2.30. The summed E-state index contributed by atoms with van der Waals surface area (Å²) in [6.07, 6.45) is 1.36. The molecule has 1 aliphatic rings. The molecule has 34 heavy (non-hydrogen) atoms. The van der Waals surface area contributed by atoms with Crippen molar-refractivity contribution >= 4 is 58.5 Å². The molecule has 1 fully saturated rings. The van der Waals surface area contributed by atoms with Gasteiger partial charge in [0.15, 0.2) is 5.11 Å². The number of amides is 2. The molecule has 2 aromatic carbocycles. The van der Waals surface area contributed by atoms with E-state index >= 15 is 0 Å². The first-order chi connectivity index (χ1) is 16.3. The normalized spacial score (nSPS) is 15.0. The summed E-state index contributed by atoms with van der Waals surface area (Å²) in [6, 6.07) is 15.2. The van der Waals surface area contributed by atoms with Crippen LogP contribution in [-0.4, -0.2) is 29.5 Å². The van der Waals surface area contributed by atoms with Crippen LogP contribution in [0.15, 0.2) is 64.6 Å². The number of hydrogen-bond donors (Lipinski definition) is 1. The molecule has 3 aromatic rings. The van der Waals surface area contributed by atoms with Gasteiger partial charge >= 0.3 is 5.97 Å². The highest BCUT2D eigenvalue weighted by Crippen LogP contribution is 2.30. The van der Waals surface area contributed by atoms with Crippen molar-refractivity contribution in [3.05, 3.63) is 82.1 Å². The van der Waals surface area contributed by atoms with E-state index in [-0.39, 0.29) is 10.7 Å². The number of thiocarbonyl (C=S) groups is 1. The molecule has 0 bridgehead atoms. The van der Waals surface area contributed by atoms with E-state index < -0.39 is 17.8 Å². The Labute approximate surface area is 205 Å². The van der Waals surface area contributed by atoms with Gasteiger partial charge in [-0.3, -0.25) is 19.8 Å². The number of halogens is 1. The van der Waals surface area contributed by atoms with E-state index in [1.165, 1.54) is 11.0 Å². The molecule has 7 nitrogen and oxygen atoms in total. The Morgan fingerprint density at radius 2 is 1.88 bits per heavy atom. The van der Waals surface area contributed by atoms with Crippen molar-refractivity contribution in [1.29, 1.82) is 0 Å². The van der Waals surface area contributed by atoms with Gasteiger partial charge in [0.1, 0.15) is 17.1 Å². The highest BCUT2D eigenvalue weighted by Gasteiger charge is 2.35. The van der Waals surface area contributed by atoms with Crippen molar-refractivity contribution in [2.24, 2.45) is 0 Å². The summed E-state index contributed by atoms with van der Waals surface area (Å²) in [6.45, 7) is 3.80. The number of nitrogens with zero attached hydrogens (tertiary/aromatic N) is 1. The first-order valence-corrected chi connectivity index (χ1v) is 11.1. The van der Waals surface area contributed by atoms with E-state index in [1.807, 2.05) is 0 Å². The minimum absolute atomic E-state index is 0.0284. The Bertz CT molecular complexity index is 1340. The smallest absolute Gasteiger partial charge is 0.338 e. The summed E-state index contributed by atoms with van der Waals surface area (Å²) >= 11 is 11.4. The van der Waals surface area contributed by atoms with Gasteiger partial charge in [-0.05, 0) is 74.1 Å². The molecule has 0 radical (unpaired) electrons. The zero-order chi connectivity index (χ0) is 24.4. The number of esters is 1. The first kappa shape index (κ1) is 23.4. The summed E-state index contributed by atoms with van der Waals surface area (Å²) in [7, 11) is 0. The van der Waals surface area contributed by atoms with Gasteiger partial charge in [0.25, 0.3) is 11.8 Å². The average molecular weight is 495 g/mol. The topological polar surface area (TPSA) is 88.9 Å². The van der Waals surface area contributed by atoms with Crippen molar-refractivity contribution in [2.45, 2.75) is 13.8 Å². The molecule has 2 heterocycles. The summed E-state index contributed by atoms with van der Waals surface area (Å²) in [5, 5.41) is 2.99. The minimum Gasteiger partial charge on any atom is -0.462 e. The van der Waals surface area contributed by atoms with Crippen LogP contribution in [0.3, 0.4) is 0 Å². The van der Waals surface area contributed by atoms with Crippen LogP contribution in [0.1, 0.15) is 28.6 Å². The monoisotopic (exact) mass is 494 g/mol. The van der Waals surface area contributed by atoms with Crippen molar-refractivity contribution in [2.75, 3.05) is 11.5 Å². The fraction of sp³-hybridized carbons (Fsp3) is 0.120. The predicted molar refractivity (Wildman–Crippen MR) is 132 cm³/mol. The van der Waals surface area contributed by atoms with E-state index in [2.05, 4.69) is 5.32 Å². The maximum Gasteiger partial charge on any atom is 0.338 e. The van der Waals surface area contributed by atoms with Crippen LogP contribution >= 0.6 is 23.8 Å². The van der Waals surface area contributed by atoms with Crippen LogP contribution < -0.4 is 10.2 Å². The lowest BCUT2D eigenvalue weighted by atomic mass is 10.1. The standard InChI is InChI=1S/C25H19ClN2O5S/c1-3-32-24(31)16-9-7-15(8-10-16)21-12-11-17(33-21)13-18-22(29)27-25(34)28(23(18)30)20-6-4-5-19(26)14(20)2/h4-13H,3H2,1-2H3,(H,27,29,34)/b18-13+. The number of rotatable bonds is 5. The fourth-order valence-electron chi connectivity index (χ4n) is 3.43. The minimum atomic E-state index is -0.623. The Morgan fingerprint density at radius 1 is 1.15 bits per heavy atom. The molecule has 1 aliphatic heterocycles. The van der Waals surface area contributed by atoms with Gasteiger partial charge in [0.05, 0.1) is 17.9 Å². The van der Waals surface area contributed by atoms with Crippen LogP contribution in [-0.2, 0) is 14.3 Å². The highest BCUT2D eigenvalue weighted by atomic mass is 35.5. The van der Waals surface area contributed by atoms with Gasteiger partial charge < -0.3 is 9.15 Å². The van der Waals surface area contributed by atoms with Crippen LogP contribution in [0.4, 0.5) is 5.69 Å². The molecule has 1 N–H and O–H groups in total. The maximum atomic E-state index is 13.2. The highest BCUT2D eigenvalue weighted by molar-refractivity contribution is 7.80. The molecule has 0 unspecified atom stereocenters. The number of hydrogen-bond acceptors (Lipinski definition) is 6. The molecular weight excluding hydrogens is 476 g/mol. The van der Waals surface area contributed by atoms with E-state index in [1.54, 1.807) is 68.4 Å². The van der Waals surface area contributed by atoms with Crippen molar-refractivity contribution in [3.63, 3.8) is 0 Å². The van der Waals surface area contributed by atoms with Crippen LogP contribution in [0.2, 0.25) is 5.02 Å². The van der Waals surface area contributed by atoms with Gasteiger partial charge in [0, 0.05) is 10.6 Å². The molecule has 172 valence electrons. The quantitative estimate of drug-likeness (QED) is 0.234. The number of ether oxygens (including phenoxy) is 1. The Hall–Kier alpha value is -3.75. The number of furan rings is 1. The molecule has 1 saturated heterocycles. The molecule has 0 atom stereocenters. The van der Waals surface area contributed by atoms with E-state index in [4.69, 9.17) is 33.0 Å². The number of benzene rings is 2. The zero-order valence-corrected chi connectivity index (χ0v) is 19.8. The predicted octanol–water partition coefficient (Wildman–Crippen LogP) is 4.92.